The van der Waals surface area contributed by atoms with Crippen molar-refractivity contribution in [3.05, 3.63) is 180 Å². The van der Waals surface area contributed by atoms with E-state index in [2.05, 4.69) is 76.8 Å². The van der Waals surface area contributed by atoms with Crippen molar-refractivity contribution in [1.82, 2.24) is 29.8 Å². The van der Waals surface area contributed by atoms with E-state index in [1.807, 2.05) is 83.6 Å². The number of hydrogen-bond acceptors (Lipinski definition) is 5. The number of nitrogens with zero attached hydrogens (tertiary/aromatic N) is 6. The van der Waals surface area contributed by atoms with E-state index in [9.17, 15) is 5.11 Å². The summed E-state index contributed by atoms with van der Waals surface area (Å²) in [5.74, 6) is 0.548. The summed E-state index contributed by atoms with van der Waals surface area (Å²) in [5.41, 5.74) is 7.04. The maximum absolute atomic E-state index is 9.33. The van der Waals surface area contributed by atoms with Gasteiger partial charge in [0.15, 0.2) is 5.54 Å². The molecule has 0 fully saturated rings. The standard InChI is InChI=1S/C37H30N6O/c44-26-33-25-42(27-38-33)24-28-20-22-29(23-21-28)34-18-10-11-19-35(34)36-39-41-43(40-36)37(30-12-4-1-5-13-30,31-14-6-2-7-15-31)32-16-8-3-9-17-32/h1-23,25,27,44H,24,26H2. The molecule has 214 valence electrons. The normalized spacial score (nSPS) is 11.5. The van der Waals surface area contributed by atoms with E-state index in [-0.39, 0.29) is 6.61 Å². The first-order chi connectivity index (χ1) is 21.8. The van der Waals surface area contributed by atoms with Crippen LogP contribution in [-0.2, 0) is 18.7 Å². The van der Waals surface area contributed by atoms with Crippen LogP contribution < -0.4 is 0 Å². The van der Waals surface area contributed by atoms with Crippen molar-refractivity contribution < 1.29 is 5.11 Å². The second kappa shape index (κ2) is 11.9. The summed E-state index contributed by atoms with van der Waals surface area (Å²) < 4.78 is 1.97. The summed E-state index contributed by atoms with van der Waals surface area (Å²) in [6.07, 6.45) is 3.60. The fraction of sp³-hybridized carbons (Fsp3) is 0.0811. The highest BCUT2D eigenvalue weighted by molar-refractivity contribution is 5.80. The number of tetrazole rings is 1. The second-order valence-corrected chi connectivity index (χ2v) is 10.6. The van der Waals surface area contributed by atoms with Crippen LogP contribution in [0.4, 0.5) is 0 Å². The molecular weight excluding hydrogens is 544 g/mol. The Labute approximate surface area is 255 Å². The average Bonchev–Trinajstić information content (AvgIpc) is 3.78. The fourth-order valence-electron chi connectivity index (χ4n) is 5.85. The molecule has 0 bridgehead atoms. The smallest absolute Gasteiger partial charge is 0.205 e. The van der Waals surface area contributed by atoms with Gasteiger partial charge >= 0.3 is 0 Å². The predicted octanol–water partition coefficient (Wildman–Crippen LogP) is 6.58. The molecule has 0 unspecified atom stereocenters. The number of aliphatic hydroxyl groups excluding tert-OH is 1. The molecule has 0 aliphatic rings. The van der Waals surface area contributed by atoms with Crippen molar-refractivity contribution >= 4 is 0 Å². The Morgan fingerprint density at radius 2 is 1.16 bits per heavy atom. The van der Waals surface area contributed by atoms with Crippen molar-refractivity contribution in [3.8, 4) is 22.5 Å². The van der Waals surface area contributed by atoms with Crippen LogP contribution in [0.25, 0.3) is 22.5 Å². The van der Waals surface area contributed by atoms with Gasteiger partial charge in [-0.25, -0.2) is 4.98 Å². The molecule has 7 aromatic rings. The number of imidazole rings is 1. The van der Waals surface area contributed by atoms with Crippen molar-refractivity contribution in [2.75, 3.05) is 0 Å². The maximum atomic E-state index is 9.33. The molecule has 7 heteroatoms. The number of rotatable bonds is 9. The van der Waals surface area contributed by atoms with Gasteiger partial charge in [0, 0.05) is 18.3 Å². The molecular formula is C37H30N6O. The summed E-state index contributed by atoms with van der Waals surface area (Å²) in [6, 6.07) is 47.7. The third-order valence-electron chi connectivity index (χ3n) is 7.94. The van der Waals surface area contributed by atoms with Gasteiger partial charge in [0.05, 0.1) is 18.6 Å². The molecule has 0 amide bonds. The zero-order valence-electron chi connectivity index (χ0n) is 24.0. The molecule has 2 heterocycles. The second-order valence-electron chi connectivity index (χ2n) is 10.6. The van der Waals surface area contributed by atoms with E-state index in [1.54, 1.807) is 11.1 Å². The molecule has 5 aromatic carbocycles. The topological polar surface area (TPSA) is 81.6 Å². The van der Waals surface area contributed by atoms with Gasteiger partial charge in [-0.15, -0.1) is 15.0 Å². The van der Waals surface area contributed by atoms with Crippen LogP contribution in [0.2, 0.25) is 0 Å². The lowest BCUT2D eigenvalue weighted by Crippen LogP contribution is -2.39. The van der Waals surface area contributed by atoms with Crippen LogP contribution >= 0.6 is 0 Å². The van der Waals surface area contributed by atoms with Crippen molar-refractivity contribution in [3.63, 3.8) is 0 Å². The molecule has 0 spiro atoms. The lowest BCUT2D eigenvalue weighted by Gasteiger charge is -2.34. The quantitative estimate of drug-likeness (QED) is 0.197. The summed E-state index contributed by atoms with van der Waals surface area (Å²) in [7, 11) is 0. The van der Waals surface area contributed by atoms with Crippen molar-refractivity contribution in [1.29, 1.82) is 0 Å². The monoisotopic (exact) mass is 574 g/mol. The molecule has 7 nitrogen and oxygen atoms in total. The zero-order valence-corrected chi connectivity index (χ0v) is 24.0. The van der Waals surface area contributed by atoms with Gasteiger partial charge in [0.25, 0.3) is 0 Å². The van der Waals surface area contributed by atoms with Crippen LogP contribution in [-0.4, -0.2) is 34.9 Å². The number of hydrogen-bond donors (Lipinski definition) is 1. The number of aromatic nitrogens is 6. The Balaban J connectivity index is 1.31. The molecule has 0 atom stereocenters. The summed E-state index contributed by atoms with van der Waals surface area (Å²) >= 11 is 0. The number of benzene rings is 5. The lowest BCUT2D eigenvalue weighted by atomic mass is 9.77. The molecule has 0 saturated carbocycles. The predicted molar refractivity (Wildman–Crippen MR) is 171 cm³/mol. The molecule has 0 aliphatic carbocycles. The largest absolute Gasteiger partial charge is 0.390 e. The molecule has 44 heavy (non-hydrogen) atoms. The van der Waals surface area contributed by atoms with E-state index in [0.717, 1.165) is 38.9 Å². The van der Waals surface area contributed by atoms with Gasteiger partial charge in [-0.05, 0) is 38.6 Å². The Morgan fingerprint density at radius 3 is 1.70 bits per heavy atom. The summed E-state index contributed by atoms with van der Waals surface area (Å²) in [4.78, 5) is 5.97. The van der Waals surface area contributed by atoms with Crippen LogP contribution in [0.1, 0.15) is 27.9 Å². The van der Waals surface area contributed by atoms with Crippen LogP contribution in [0, 0.1) is 0 Å². The highest BCUT2D eigenvalue weighted by atomic mass is 16.3. The van der Waals surface area contributed by atoms with E-state index in [4.69, 9.17) is 10.3 Å². The fourth-order valence-corrected chi connectivity index (χ4v) is 5.85. The Kier molecular flexibility index (Phi) is 7.36. The number of aliphatic hydroxyl groups is 1. The van der Waals surface area contributed by atoms with E-state index < -0.39 is 5.54 Å². The van der Waals surface area contributed by atoms with Gasteiger partial charge < -0.3 is 9.67 Å². The minimum absolute atomic E-state index is 0.0649. The molecule has 1 N–H and O–H groups in total. The first-order valence-corrected chi connectivity index (χ1v) is 14.5. The Bertz CT molecular complexity index is 1870. The highest BCUT2D eigenvalue weighted by Gasteiger charge is 2.41. The van der Waals surface area contributed by atoms with Gasteiger partial charge in [-0.2, -0.15) is 0 Å². The summed E-state index contributed by atoms with van der Waals surface area (Å²) in [6.45, 7) is 0.607. The maximum Gasteiger partial charge on any atom is 0.205 e. The van der Waals surface area contributed by atoms with E-state index >= 15 is 0 Å². The highest BCUT2D eigenvalue weighted by Crippen LogP contribution is 2.40. The minimum atomic E-state index is -0.838. The molecule has 0 radical (unpaired) electrons. The van der Waals surface area contributed by atoms with E-state index in [1.165, 1.54) is 0 Å². The van der Waals surface area contributed by atoms with Gasteiger partial charge in [-0.3, -0.25) is 0 Å². The minimum Gasteiger partial charge on any atom is -0.390 e. The van der Waals surface area contributed by atoms with Crippen molar-refractivity contribution in [2.45, 2.75) is 18.7 Å². The van der Waals surface area contributed by atoms with Gasteiger partial charge in [0.1, 0.15) is 0 Å². The SMILES string of the molecule is OCc1cn(Cc2ccc(-c3ccccc3-c3nnn(C(c4ccccc4)(c4ccccc4)c4ccccc4)n3)cc2)cn1. The summed E-state index contributed by atoms with van der Waals surface area (Å²) in [5, 5.41) is 23.8. The molecule has 7 rings (SSSR count). The Morgan fingerprint density at radius 1 is 0.614 bits per heavy atom. The van der Waals surface area contributed by atoms with Gasteiger partial charge in [0.2, 0.25) is 5.82 Å². The van der Waals surface area contributed by atoms with Crippen LogP contribution in [0.5, 0.6) is 0 Å². The first-order valence-electron chi connectivity index (χ1n) is 14.5. The lowest BCUT2D eigenvalue weighted by molar-refractivity contribution is 0.277. The molecule has 0 aliphatic heterocycles. The van der Waals surface area contributed by atoms with Crippen LogP contribution in [0.15, 0.2) is 152 Å². The third kappa shape index (κ3) is 4.99. The van der Waals surface area contributed by atoms with E-state index in [0.29, 0.717) is 18.1 Å². The molecule has 2 aromatic heterocycles. The average molecular weight is 575 g/mol. The molecule has 0 saturated heterocycles. The Hall–Kier alpha value is -5.66. The first kappa shape index (κ1) is 27.2. The zero-order chi connectivity index (χ0) is 29.8. The van der Waals surface area contributed by atoms with Crippen LogP contribution in [0.3, 0.4) is 0 Å². The third-order valence-corrected chi connectivity index (χ3v) is 7.94. The van der Waals surface area contributed by atoms with Crippen molar-refractivity contribution in [2.24, 2.45) is 0 Å². The van der Waals surface area contributed by atoms with Gasteiger partial charge in [-0.1, -0.05) is 140 Å².